The van der Waals surface area contributed by atoms with Crippen LogP contribution >= 0.6 is 23.1 Å². The van der Waals surface area contributed by atoms with Gasteiger partial charge in [0.15, 0.2) is 0 Å². The van der Waals surface area contributed by atoms with Crippen molar-refractivity contribution in [2.45, 2.75) is 31.4 Å². The number of nitrogens with one attached hydrogen (secondary N) is 1. The van der Waals surface area contributed by atoms with E-state index in [9.17, 15) is 4.79 Å². The Labute approximate surface area is 139 Å². The standard InChI is InChI=1S/C17H20N2OS2/c1-12-2-4-13(5-3-12)11-21-9-8-18-16(20)15-10-19-17(22-15)14-6-7-14/h2-5,10,14H,6-9,11H2,1H3,(H,18,20). The molecule has 0 bridgehead atoms. The SMILES string of the molecule is Cc1ccc(CSCCNC(=O)c2cnc(C3CC3)s2)cc1. The number of amides is 1. The molecule has 1 amide bonds. The van der Waals surface area contributed by atoms with Crippen molar-refractivity contribution in [3.05, 3.63) is 51.5 Å². The largest absolute Gasteiger partial charge is 0.350 e. The van der Waals surface area contributed by atoms with Gasteiger partial charge in [0.05, 0.1) is 11.2 Å². The summed E-state index contributed by atoms with van der Waals surface area (Å²) in [5.74, 6) is 2.55. The molecule has 0 radical (unpaired) electrons. The summed E-state index contributed by atoms with van der Waals surface area (Å²) in [5, 5.41) is 4.10. The molecule has 116 valence electrons. The lowest BCUT2D eigenvalue weighted by Crippen LogP contribution is -2.24. The molecule has 2 aromatic rings. The molecule has 1 aromatic carbocycles. The summed E-state index contributed by atoms with van der Waals surface area (Å²) >= 11 is 3.39. The zero-order valence-corrected chi connectivity index (χ0v) is 14.3. The second-order valence-corrected chi connectivity index (χ2v) is 7.80. The maximum atomic E-state index is 12.0. The molecule has 0 atom stereocenters. The maximum Gasteiger partial charge on any atom is 0.263 e. The van der Waals surface area contributed by atoms with E-state index in [1.54, 1.807) is 17.5 Å². The van der Waals surface area contributed by atoms with Gasteiger partial charge in [0.1, 0.15) is 4.88 Å². The van der Waals surface area contributed by atoms with Crippen molar-refractivity contribution in [3.63, 3.8) is 0 Å². The van der Waals surface area contributed by atoms with Crippen LogP contribution in [-0.4, -0.2) is 23.2 Å². The fourth-order valence-electron chi connectivity index (χ4n) is 2.11. The van der Waals surface area contributed by atoms with E-state index in [-0.39, 0.29) is 5.91 Å². The number of hydrogen-bond acceptors (Lipinski definition) is 4. The molecule has 1 heterocycles. The van der Waals surface area contributed by atoms with Gasteiger partial charge < -0.3 is 5.32 Å². The highest BCUT2D eigenvalue weighted by atomic mass is 32.2. The number of aromatic nitrogens is 1. The number of thiazole rings is 1. The van der Waals surface area contributed by atoms with E-state index in [0.717, 1.165) is 21.4 Å². The average molecular weight is 332 g/mol. The molecule has 1 aliphatic rings. The fourth-order valence-corrected chi connectivity index (χ4v) is 3.93. The highest BCUT2D eigenvalue weighted by Crippen LogP contribution is 2.41. The first-order valence-electron chi connectivity index (χ1n) is 7.59. The Morgan fingerprint density at radius 3 is 2.86 bits per heavy atom. The van der Waals surface area contributed by atoms with Crippen LogP contribution in [0.15, 0.2) is 30.5 Å². The molecule has 0 spiro atoms. The number of hydrogen-bond donors (Lipinski definition) is 1. The van der Waals surface area contributed by atoms with Crippen LogP contribution in [-0.2, 0) is 5.75 Å². The molecule has 1 fully saturated rings. The molecule has 0 aliphatic heterocycles. The van der Waals surface area contributed by atoms with E-state index < -0.39 is 0 Å². The molecule has 3 rings (SSSR count). The van der Waals surface area contributed by atoms with Crippen molar-refractivity contribution in [3.8, 4) is 0 Å². The highest BCUT2D eigenvalue weighted by Gasteiger charge is 2.27. The van der Waals surface area contributed by atoms with E-state index in [1.807, 2.05) is 11.8 Å². The van der Waals surface area contributed by atoms with Crippen molar-refractivity contribution in [2.24, 2.45) is 0 Å². The van der Waals surface area contributed by atoms with Crippen LogP contribution in [0, 0.1) is 6.92 Å². The van der Waals surface area contributed by atoms with Crippen molar-refractivity contribution < 1.29 is 4.79 Å². The van der Waals surface area contributed by atoms with Gasteiger partial charge in [-0.15, -0.1) is 11.3 Å². The summed E-state index contributed by atoms with van der Waals surface area (Å²) in [6.07, 6.45) is 4.17. The van der Waals surface area contributed by atoms with Gasteiger partial charge in [0, 0.05) is 24.0 Å². The van der Waals surface area contributed by atoms with Crippen molar-refractivity contribution in [1.82, 2.24) is 10.3 Å². The number of benzene rings is 1. The zero-order valence-electron chi connectivity index (χ0n) is 12.7. The molecule has 1 aliphatic carbocycles. The minimum atomic E-state index is 0.0142. The predicted octanol–water partition coefficient (Wildman–Crippen LogP) is 3.99. The van der Waals surface area contributed by atoms with Crippen LogP contribution < -0.4 is 5.32 Å². The van der Waals surface area contributed by atoms with Gasteiger partial charge in [-0.25, -0.2) is 4.98 Å². The average Bonchev–Trinajstić information content (AvgIpc) is 3.26. The molecule has 1 saturated carbocycles. The quantitative estimate of drug-likeness (QED) is 0.780. The molecular weight excluding hydrogens is 312 g/mol. The Morgan fingerprint density at radius 2 is 2.14 bits per heavy atom. The van der Waals surface area contributed by atoms with Gasteiger partial charge in [0.25, 0.3) is 5.91 Å². The number of carbonyl (C=O) groups excluding carboxylic acids is 1. The molecule has 22 heavy (non-hydrogen) atoms. The first-order chi connectivity index (χ1) is 10.7. The van der Waals surface area contributed by atoms with Crippen LogP contribution in [0.2, 0.25) is 0 Å². The summed E-state index contributed by atoms with van der Waals surface area (Å²) in [4.78, 5) is 17.1. The van der Waals surface area contributed by atoms with Crippen LogP contribution in [0.3, 0.4) is 0 Å². The summed E-state index contributed by atoms with van der Waals surface area (Å²) in [5.41, 5.74) is 2.62. The summed E-state index contributed by atoms with van der Waals surface area (Å²) < 4.78 is 0. The third-order valence-corrected chi connectivity index (χ3v) is 5.78. The van der Waals surface area contributed by atoms with E-state index in [2.05, 4.69) is 41.5 Å². The third kappa shape index (κ3) is 4.34. The monoisotopic (exact) mass is 332 g/mol. The Kier molecular flexibility index (Phi) is 5.16. The summed E-state index contributed by atoms with van der Waals surface area (Å²) in [7, 11) is 0. The molecule has 0 saturated heterocycles. The van der Waals surface area contributed by atoms with Crippen molar-refractivity contribution in [1.29, 1.82) is 0 Å². The van der Waals surface area contributed by atoms with Gasteiger partial charge in [-0.3, -0.25) is 4.79 Å². The molecular formula is C17H20N2OS2. The predicted molar refractivity (Wildman–Crippen MR) is 93.8 cm³/mol. The number of carbonyl (C=O) groups is 1. The number of thioether (sulfide) groups is 1. The molecule has 3 nitrogen and oxygen atoms in total. The van der Waals surface area contributed by atoms with Gasteiger partial charge in [-0.1, -0.05) is 29.8 Å². The number of nitrogens with zero attached hydrogens (tertiary/aromatic N) is 1. The Hall–Kier alpha value is -1.33. The molecule has 0 unspecified atom stereocenters. The highest BCUT2D eigenvalue weighted by molar-refractivity contribution is 7.98. The van der Waals surface area contributed by atoms with Gasteiger partial charge in [-0.2, -0.15) is 11.8 Å². The summed E-state index contributed by atoms with van der Waals surface area (Å²) in [6.45, 7) is 2.80. The normalized spacial score (nSPS) is 14.0. The van der Waals surface area contributed by atoms with E-state index >= 15 is 0 Å². The van der Waals surface area contributed by atoms with Crippen molar-refractivity contribution in [2.75, 3.05) is 12.3 Å². The topological polar surface area (TPSA) is 42.0 Å². The van der Waals surface area contributed by atoms with E-state index in [0.29, 0.717) is 12.5 Å². The Balaban J connectivity index is 1.35. The minimum absolute atomic E-state index is 0.0142. The first kappa shape index (κ1) is 15.6. The Morgan fingerprint density at radius 1 is 1.36 bits per heavy atom. The van der Waals surface area contributed by atoms with Crippen LogP contribution in [0.5, 0.6) is 0 Å². The van der Waals surface area contributed by atoms with Crippen LogP contribution in [0.1, 0.15) is 44.6 Å². The van der Waals surface area contributed by atoms with E-state index in [4.69, 9.17) is 0 Å². The van der Waals surface area contributed by atoms with Crippen LogP contribution in [0.25, 0.3) is 0 Å². The van der Waals surface area contributed by atoms with Gasteiger partial charge in [0.2, 0.25) is 0 Å². The Bertz CT molecular complexity index is 632. The molecule has 1 N–H and O–H groups in total. The zero-order chi connectivity index (χ0) is 15.4. The second-order valence-electron chi connectivity index (χ2n) is 5.63. The smallest absolute Gasteiger partial charge is 0.263 e. The lowest BCUT2D eigenvalue weighted by Gasteiger charge is -2.04. The second kappa shape index (κ2) is 7.29. The first-order valence-corrected chi connectivity index (χ1v) is 9.57. The van der Waals surface area contributed by atoms with Gasteiger partial charge >= 0.3 is 0 Å². The lowest BCUT2D eigenvalue weighted by molar-refractivity contribution is 0.0960. The molecule has 1 aromatic heterocycles. The molecule has 5 heteroatoms. The number of aryl methyl sites for hydroxylation is 1. The lowest BCUT2D eigenvalue weighted by atomic mass is 10.2. The van der Waals surface area contributed by atoms with E-state index in [1.165, 1.54) is 24.0 Å². The maximum absolute atomic E-state index is 12.0. The van der Waals surface area contributed by atoms with Gasteiger partial charge in [-0.05, 0) is 25.3 Å². The number of rotatable bonds is 7. The summed E-state index contributed by atoms with van der Waals surface area (Å²) in [6, 6.07) is 8.60. The minimum Gasteiger partial charge on any atom is -0.350 e. The third-order valence-electron chi connectivity index (χ3n) is 3.60. The fraction of sp³-hybridized carbons (Fsp3) is 0.412. The van der Waals surface area contributed by atoms with Crippen LogP contribution in [0.4, 0.5) is 0 Å². The van der Waals surface area contributed by atoms with Crippen molar-refractivity contribution >= 4 is 29.0 Å².